The van der Waals surface area contributed by atoms with Crippen LogP contribution < -0.4 is 4.48 Å². The molecule has 100 valence electrons. The van der Waals surface area contributed by atoms with E-state index in [9.17, 15) is 0 Å². The summed E-state index contributed by atoms with van der Waals surface area (Å²) in [6, 6.07) is 1.49. The molecule has 0 unspecified atom stereocenters. The van der Waals surface area contributed by atoms with Gasteiger partial charge in [-0.3, -0.25) is 4.48 Å². The van der Waals surface area contributed by atoms with Crippen LogP contribution in [0.1, 0.15) is 37.3 Å². The number of H-pyrrole nitrogens is 1. The van der Waals surface area contributed by atoms with Crippen LogP contribution in [0.2, 0.25) is 0 Å². The van der Waals surface area contributed by atoms with E-state index in [-0.39, 0.29) is 0 Å². The molecule has 0 radical (unpaired) electrons. The second-order valence-corrected chi connectivity index (χ2v) is 6.22. The molecular weight excluding hydrogens is 238 g/mol. The predicted molar refractivity (Wildman–Crippen MR) is 74.9 cm³/mol. The van der Waals surface area contributed by atoms with Crippen LogP contribution in [-0.4, -0.2) is 39.1 Å². The highest BCUT2D eigenvalue weighted by Crippen LogP contribution is 2.47. The quantitative estimate of drug-likeness (QED) is 0.859. The van der Waals surface area contributed by atoms with Crippen molar-refractivity contribution in [2.75, 3.05) is 7.05 Å². The Balaban J connectivity index is 1.97. The Morgan fingerprint density at radius 2 is 1.63 bits per heavy atom. The maximum Gasteiger partial charge on any atom is 0.257 e. The molecule has 1 N–H and O–H groups in total. The molecule has 2 aliphatic carbocycles. The molecule has 0 amide bonds. The van der Waals surface area contributed by atoms with Gasteiger partial charge in [-0.05, 0) is 13.8 Å². The van der Waals surface area contributed by atoms with Gasteiger partial charge in [-0.2, -0.15) is 4.98 Å². The highest BCUT2D eigenvalue weighted by Gasteiger charge is 2.54. The summed E-state index contributed by atoms with van der Waals surface area (Å²) < 4.78 is 0.988. The van der Waals surface area contributed by atoms with Crippen LogP contribution in [-0.2, 0) is 0 Å². The first-order valence-electron chi connectivity index (χ1n) is 7.16. The van der Waals surface area contributed by atoms with E-state index in [0.29, 0.717) is 0 Å². The van der Waals surface area contributed by atoms with Crippen LogP contribution >= 0.6 is 0 Å². The van der Waals surface area contributed by atoms with E-state index >= 15 is 0 Å². The van der Waals surface area contributed by atoms with Gasteiger partial charge in [-0.25, -0.2) is 9.97 Å². The molecule has 2 aromatic rings. The number of rotatable bonds is 3. The number of hydrogen-bond acceptors (Lipinski definition) is 3. The van der Waals surface area contributed by atoms with Gasteiger partial charge < -0.3 is 4.98 Å². The van der Waals surface area contributed by atoms with Crippen LogP contribution in [0.4, 0.5) is 5.82 Å². The maximum absolute atomic E-state index is 4.80. The summed E-state index contributed by atoms with van der Waals surface area (Å²) >= 11 is 0. The summed E-state index contributed by atoms with van der Waals surface area (Å²) in [7, 11) is 2.35. The summed E-state index contributed by atoms with van der Waals surface area (Å²) in [5.74, 6) is 2.92. The molecule has 19 heavy (non-hydrogen) atoms. The minimum Gasteiger partial charge on any atom is -0.334 e. The van der Waals surface area contributed by atoms with Gasteiger partial charge in [-0.15, -0.1) is 0 Å². The number of aryl methyl sites for hydroxylation is 2. The molecule has 5 heteroatoms. The average Bonchev–Trinajstić information content (AvgIpc) is 3.24. The van der Waals surface area contributed by atoms with Gasteiger partial charge in [0.05, 0.1) is 19.1 Å². The molecule has 2 aliphatic rings. The van der Waals surface area contributed by atoms with Crippen molar-refractivity contribution < 1.29 is 0 Å². The standard InChI is InChI=1S/C14H20N5/c1-8-15-12-13(16-8)17-9(2)18-14(12)19(3,10-4-5-10)11-6-7-11/h10-11H,4-7H2,1-3H3,(H,15,16,17,18)/q+1. The lowest BCUT2D eigenvalue weighted by atomic mass is 10.3. The molecule has 0 saturated heterocycles. The van der Waals surface area contributed by atoms with Crippen molar-refractivity contribution in [3.05, 3.63) is 11.6 Å². The molecule has 4 rings (SSSR count). The van der Waals surface area contributed by atoms with Gasteiger partial charge in [0.25, 0.3) is 5.82 Å². The summed E-state index contributed by atoms with van der Waals surface area (Å²) in [6.45, 7) is 3.95. The number of imidazole rings is 1. The fourth-order valence-electron chi connectivity index (χ4n) is 3.32. The highest BCUT2D eigenvalue weighted by molar-refractivity contribution is 5.82. The minimum atomic E-state index is 0.744. The van der Waals surface area contributed by atoms with Gasteiger partial charge in [0.1, 0.15) is 11.6 Å². The van der Waals surface area contributed by atoms with Crippen molar-refractivity contribution in [1.82, 2.24) is 24.4 Å². The lowest BCUT2D eigenvalue weighted by Crippen LogP contribution is -2.50. The minimum absolute atomic E-state index is 0.744. The van der Waals surface area contributed by atoms with Crippen molar-refractivity contribution in [1.29, 1.82) is 0 Å². The van der Waals surface area contributed by atoms with Crippen LogP contribution in [0.25, 0.3) is 11.2 Å². The SMILES string of the molecule is Cc1nc([N+](C)(C2CC2)C2CC2)c2[nH]c(C)nc2n1. The molecule has 0 spiro atoms. The number of aromatic nitrogens is 4. The smallest absolute Gasteiger partial charge is 0.257 e. The van der Waals surface area contributed by atoms with E-state index in [1.807, 2.05) is 13.8 Å². The second kappa shape index (κ2) is 3.54. The van der Waals surface area contributed by atoms with Crippen molar-refractivity contribution in [2.45, 2.75) is 51.6 Å². The normalized spacial score (nSPS) is 20.2. The third-order valence-corrected chi connectivity index (χ3v) is 4.63. The Labute approximate surface area is 112 Å². The number of quaternary nitrogens is 1. The number of fused-ring (bicyclic) bond motifs is 1. The van der Waals surface area contributed by atoms with Crippen LogP contribution in [0.15, 0.2) is 0 Å². The Hall–Kier alpha value is -1.49. The first-order valence-corrected chi connectivity index (χ1v) is 7.16. The van der Waals surface area contributed by atoms with Crippen molar-refractivity contribution in [3.63, 3.8) is 0 Å². The molecule has 0 atom stereocenters. The zero-order valence-electron chi connectivity index (χ0n) is 11.8. The third-order valence-electron chi connectivity index (χ3n) is 4.63. The lowest BCUT2D eigenvalue weighted by Gasteiger charge is -2.33. The van der Waals surface area contributed by atoms with Crippen LogP contribution in [0, 0.1) is 13.8 Å². The van der Waals surface area contributed by atoms with Crippen LogP contribution in [0.3, 0.4) is 0 Å². The highest BCUT2D eigenvalue weighted by atomic mass is 15.5. The van der Waals surface area contributed by atoms with Crippen molar-refractivity contribution >= 4 is 17.0 Å². The Morgan fingerprint density at radius 1 is 1.00 bits per heavy atom. The monoisotopic (exact) mass is 258 g/mol. The zero-order valence-corrected chi connectivity index (χ0v) is 11.8. The molecule has 0 aromatic carbocycles. The summed E-state index contributed by atoms with van der Waals surface area (Å²) in [6.07, 6.45) is 5.30. The summed E-state index contributed by atoms with van der Waals surface area (Å²) in [5, 5.41) is 0. The maximum atomic E-state index is 4.80. The topological polar surface area (TPSA) is 54.5 Å². The summed E-state index contributed by atoms with van der Waals surface area (Å²) in [4.78, 5) is 17.1. The number of nitrogens with zero attached hydrogens (tertiary/aromatic N) is 4. The predicted octanol–water partition coefficient (Wildman–Crippen LogP) is 2.23. The van der Waals surface area contributed by atoms with E-state index in [1.165, 1.54) is 25.7 Å². The Bertz CT molecular complexity index is 639. The zero-order chi connectivity index (χ0) is 13.2. The molecular formula is C14H20N5+. The van der Waals surface area contributed by atoms with Gasteiger partial charge >= 0.3 is 0 Å². The largest absolute Gasteiger partial charge is 0.334 e. The first kappa shape index (κ1) is 11.3. The molecule has 0 aliphatic heterocycles. The second-order valence-electron chi connectivity index (χ2n) is 6.22. The van der Waals surface area contributed by atoms with E-state index < -0.39 is 0 Å². The number of hydrogen-bond donors (Lipinski definition) is 1. The fourth-order valence-corrected chi connectivity index (χ4v) is 3.32. The Morgan fingerprint density at radius 3 is 2.21 bits per heavy atom. The van der Waals surface area contributed by atoms with Gasteiger partial charge in [0.2, 0.25) is 0 Å². The van der Waals surface area contributed by atoms with Crippen molar-refractivity contribution in [2.24, 2.45) is 0 Å². The number of aromatic amines is 1. The molecule has 5 nitrogen and oxygen atoms in total. The molecule has 0 bridgehead atoms. The third kappa shape index (κ3) is 1.61. The molecule has 2 heterocycles. The molecule has 2 saturated carbocycles. The Kier molecular flexibility index (Phi) is 2.11. The lowest BCUT2D eigenvalue weighted by molar-refractivity contribution is 0.302. The number of nitrogens with one attached hydrogen (secondary N) is 1. The fraction of sp³-hybridized carbons (Fsp3) is 0.643. The van der Waals surface area contributed by atoms with Gasteiger partial charge in [0, 0.05) is 25.7 Å². The van der Waals surface area contributed by atoms with E-state index in [0.717, 1.165) is 45.2 Å². The summed E-state index contributed by atoms with van der Waals surface area (Å²) in [5.41, 5.74) is 1.87. The van der Waals surface area contributed by atoms with E-state index in [1.54, 1.807) is 0 Å². The van der Waals surface area contributed by atoms with Crippen LogP contribution in [0.5, 0.6) is 0 Å². The van der Waals surface area contributed by atoms with Gasteiger partial charge in [-0.1, -0.05) is 0 Å². The first-order chi connectivity index (χ1) is 9.09. The van der Waals surface area contributed by atoms with Crippen molar-refractivity contribution in [3.8, 4) is 0 Å². The average molecular weight is 258 g/mol. The molecule has 2 aromatic heterocycles. The van der Waals surface area contributed by atoms with Gasteiger partial charge in [0.15, 0.2) is 11.2 Å². The van der Waals surface area contributed by atoms with E-state index in [2.05, 4.69) is 22.0 Å². The molecule has 2 fully saturated rings. The van der Waals surface area contributed by atoms with E-state index in [4.69, 9.17) is 4.98 Å².